The van der Waals surface area contributed by atoms with E-state index in [4.69, 9.17) is 15.5 Å². The summed E-state index contributed by atoms with van der Waals surface area (Å²) in [7, 11) is 1.67. The van der Waals surface area contributed by atoms with Crippen LogP contribution in [0.25, 0.3) is 21.9 Å². The molecule has 2 aromatic heterocycles. The van der Waals surface area contributed by atoms with Crippen LogP contribution in [0.5, 0.6) is 0 Å². The molecule has 2 aromatic carbocycles. The molecule has 4 rings (SSSR count). The first-order chi connectivity index (χ1) is 11.8. The summed E-state index contributed by atoms with van der Waals surface area (Å²) in [6.07, 6.45) is 0. The Bertz CT molecular complexity index is 1010. The molecule has 120 valence electrons. The number of hydrogen-bond donors (Lipinski definition) is 1. The summed E-state index contributed by atoms with van der Waals surface area (Å²) in [4.78, 5) is 9.19. The van der Waals surface area contributed by atoms with E-state index in [1.807, 2.05) is 36.4 Å². The number of aromatic nitrogens is 3. The van der Waals surface area contributed by atoms with Crippen LogP contribution < -0.4 is 5.73 Å². The summed E-state index contributed by atoms with van der Waals surface area (Å²) in [6, 6.07) is 18.3. The highest BCUT2D eigenvalue weighted by Gasteiger charge is 2.17. The molecule has 5 nitrogen and oxygen atoms in total. The van der Waals surface area contributed by atoms with Crippen molar-refractivity contribution in [1.82, 2.24) is 14.5 Å². The number of anilines is 1. The van der Waals surface area contributed by atoms with Crippen molar-refractivity contribution in [2.24, 2.45) is 0 Å². The molecule has 0 bridgehead atoms. The highest BCUT2D eigenvalue weighted by Crippen LogP contribution is 2.29. The predicted octanol–water partition coefficient (Wildman–Crippen LogP) is 3.36. The molecule has 5 heteroatoms. The number of para-hydroxylation sites is 1. The summed E-state index contributed by atoms with van der Waals surface area (Å²) in [5, 5.41) is 1.05. The van der Waals surface area contributed by atoms with Crippen LogP contribution in [0.1, 0.15) is 11.4 Å². The smallest absolute Gasteiger partial charge is 0.152 e. The Morgan fingerprint density at radius 2 is 1.75 bits per heavy atom. The van der Waals surface area contributed by atoms with E-state index in [1.165, 1.54) is 5.56 Å². The Kier molecular flexibility index (Phi) is 3.63. The van der Waals surface area contributed by atoms with E-state index < -0.39 is 0 Å². The van der Waals surface area contributed by atoms with Crippen LogP contribution in [-0.4, -0.2) is 21.6 Å². The first kappa shape index (κ1) is 14.7. The van der Waals surface area contributed by atoms with Crippen LogP contribution in [0.2, 0.25) is 0 Å². The third kappa shape index (κ3) is 2.39. The van der Waals surface area contributed by atoms with Gasteiger partial charge in [-0.3, -0.25) is 0 Å². The number of hydrogen-bond acceptors (Lipinski definition) is 4. The summed E-state index contributed by atoms with van der Waals surface area (Å²) in [5.41, 5.74) is 9.99. The van der Waals surface area contributed by atoms with Gasteiger partial charge in [-0.2, -0.15) is 0 Å². The van der Waals surface area contributed by atoms with Gasteiger partial charge in [0.05, 0.1) is 11.0 Å². The molecule has 2 N–H and O–H groups in total. The minimum atomic E-state index is 0.426. The van der Waals surface area contributed by atoms with Crippen molar-refractivity contribution in [3.8, 4) is 0 Å². The third-order valence-electron chi connectivity index (χ3n) is 4.15. The van der Waals surface area contributed by atoms with E-state index in [1.54, 1.807) is 7.11 Å². The van der Waals surface area contributed by atoms with Crippen LogP contribution >= 0.6 is 0 Å². The lowest BCUT2D eigenvalue weighted by molar-refractivity contribution is 0.175. The Morgan fingerprint density at radius 3 is 2.54 bits per heavy atom. The molecule has 0 aliphatic heterocycles. The summed E-state index contributed by atoms with van der Waals surface area (Å²) >= 11 is 0. The van der Waals surface area contributed by atoms with Gasteiger partial charge in [-0.15, -0.1) is 0 Å². The van der Waals surface area contributed by atoms with E-state index in [0.717, 1.165) is 27.8 Å². The molecule has 2 heterocycles. The molecule has 0 atom stereocenters. The first-order valence-corrected chi connectivity index (χ1v) is 7.84. The maximum absolute atomic E-state index is 6.17. The predicted molar refractivity (Wildman–Crippen MR) is 95.7 cm³/mol. The Morgan fingerprint density at radius 1 is 1.00 bits per heavy atom. The molecule has 0 unspecified atom stereocenters. The van der Waals surface area contributed by atoms with Gasteiger partial charge < -0.3 is 15.0 Å². The average molecular weight is 318 g/mol. The van der Waals surface area contributed by atoms with Crippen molar-refractivity contribution in [1.29, 1.82) is 0 Å². The molecular weight excluding hydrogens is 300 g/mol. The quantitative estimate of drug-likeness (QED) is 0.626. The summed E-state index contributed by atoms with van der Waals surface area (Å²) < 4.78 is 7.52. The first-order valence-electron chi connectivity index (χ1n) is 7.84. The number of methoxy groups -OCH3 is 1. The van der Waals surface area contributed by atoms with Crippen LogP contribution in [0, 0.1) is 0 Å². The van der Waals surface area contributed by atoms with Gasteiger partial charge in [0.2, 0.25) is 0 Å². The third-order valence-corrected chi connectivity index (χ3v) is 4.15. The Hall–Kier alpha value is -2.92. The molecule has 0 aliphatic rings. The number of nitrogen functional groups attached to an aromatic ring is 1. The largest absolute Gasteiger partial charge is 0.382 e. The topological polar surface area (TPSA) is 66.0 Å². The van der Waals surface area contributed by atoms with Crippen molar-refractivity contribution in [3.05, 3.63) is 66.0 Å². The van der Waals surface area contributed by atoms with Crippen LogP contribution in [-0.2, 0) is 17.9 Å². The number of fused-ring (bicyclic) bond motifs is 3. The molecule has 0 radical (unpaired) electrons. The van der Waals surface area contributed by atoms with Gasteiger partial charge in [-0.1, -0.05) is 48.5 Å². The molecule has 0 aliphatic carbocycles. The number of ether oxygens (including phenoxy) is 1. The lowest BCUT2D eigenvalue weighted by atomic mass is 10.1. The van der Waals surface area contributed by atoms with Gasteiger partial charge in [-0.25, -0.2) is 9.97 Å². The highest BCUT2D eigenvalue weighted by atomic mass is 16.5. The van der Waals surface area contributed by atoms with Crippen molar-refractivity contribution >= 4 is 27.8 Å². The number of imidazole rings is 1. The number of pyridine rings is 1. The van der Waals surface area contributed by atoms with Crippen molar-refractivity contribution in [2.75, 3.05) is 12.8 Å². The standard InChI is InChI=1S/C19H18N4O/c1-24-12-16-22-17-18(23(16)11-13-7-3-2-4-8-13)14-9-5-6-10-15(14)21-19(17)20/h2-10H,11-12H2,1H3,(H2,20,21). The fourth-order valence-electron chi connectivity index (χ4n) is 3.08. The molecule has 0 spiro atoms. The van der Waals surface area contributed by atoms with Crippen molar-refractivity contribution < 1.29 is 4.74 Å². The van der Waals surface area contributed by atoms with E-state index >= 15 is 0 Å². The number of rotatable bonds is 4. The second kappa shape index (κ2) is 5.94. The van der Waals surface area contributed by atoms with Gasteiger partial charge in [0, 0.05) is 19.0 Å². The molecule has 0 amide bonds. The van der Waals surface area contributed by atoms with E-state index in [2.05, 4.69) is 27.8 Å². The second-order valence-electron chi connectivity index (χ2n) is 5.74. The number of benzene rings is 2. The maximum Gasteiger partial charge on any atom is 0.152 e. The van der Waals surface area contributed by atoms with Gasteiger partial charge in [-0.05, 0) is 11.6 Å². The zero-order chi connectivity index (χ0) is 16.5. The summed E-state index contributed by atoms with van der Waals surface area (Å²) in [5.74, 6) is 1.30. The highest BCUT2D eigenvalue weighted by molar-refractivity contribution is 6.06. The molecule has 0 fully saturated rings. The van der Waals surface area contributed by atoms with Crippen molar-refractivity contribution in [3.63, 3.8) is 0 Å². The molecule has 0 saturated carbocycles. The zero-order valence-corrected chi connectivity index (χ0v) is 13.4. The van der Waals surface area contributed by atoms with Gasteiger partial charge in [0.25, 0.3) is 0 Å². The van der Waals surface area contributed by atoms with Gasteiger partial charge in [0.1, 0.15) is 17.9 Å². The molecular formula is C19H18N4O. The van der Waals surface area contributed by atoms with Crippen LogP contribution in [0.3, 0.4) is 0 Å². The summed E-state index contributed by atoms with van der Waals surface area (Å²) in [6.45, 7) is 1.14. The second-order valence-corrected chi connectivity index (χ2v) is 5.74. The fourth-order valence-corrected chi connectivity index (χ4v) is 3.08. The molecule has 0 saturated heterocycles. The number of nitrogens with two attached hydrogens (primary N) is 1. The monoisotopic (exact) mass is 318 g/mol. The maximum atomic E-state index is 6.17. The Labute approximate surface area is 139 Å². The van der Waals surface area contributed by atoms with Crippen molar-refractivity contribution in [2.45, 2.75) is 13.2 Å². The molecule has 4 aromatic rings. The lowest BCUT2D eigenvalue weighted by Crippen LogP contribution is -2.06. The lowest BCUT2D eigenvalue weighted by Gasteiger charge is -2.10. The Balaban J connectivity index is 2.02. The minimum Gasteiger partial charge on any atom is -0.382 e. The zero-order valence-electron chi connectivity index (χ0n) is 13.4. The van der Waals surface area contributed by atoms with E-state index in [-0.39, 0.29) is 0 Å². The van der Waals surface area contributed by atoms with Crippen LogP contribution in [0.15, 0.2) is 54.6 Å². The van der Waals surface area contributed by atoms with E-state index in [9.17, 15) is 0 Å². The van der Waals surface area contributed by atoms with Gasteiger partial charge >= 0.3 is 0 Å². The average Bonchev–Trinajstić information content (AvgIpc) is 2.96. The minimum absolute atomic E-state index is 0.426. The molecule has 24 heavy (non-hydrogen) atoms. The van der Waals surface area contributed by atoms with E-state index in [0.29, 0.717) is 19.0 Å². The SMILES string of the molecule is COCc1nc2c(N)nc3ccccc3c2n1Cc1ccccc1. The van der Waals surface area contributed by atoms with Crippen LogP contribution in [0.4, 0.5) is 5.82 Å². The normalized spacial score (nSPS) is 11.4. The number of nitrogens with zero attached hydrogens (tertiary/aromatic N) is 3. The van der Waals surface area contributed by atoms with Gasteiger partial charge in [0.15, 0.2) is 5.82 Å². The fraction of sp³-hybridized carbons (Fsp3) is 0.158.